The first-order valence-corrected chi connectivity index (χ1v) is 6.74. The number of hydrogen-bond donors (Lipinski definition) is 0. The molecule has 0 fully saturated rings. The van der Waals surface area contributed by atoms with Gasteiger partial charge in [0.1, 0.15) is 0 Å². The molecule has 0 atom stereocenters. The van der Waals surface area contributed by atoms with Crippen molar-refractivity contribution in [1.82, 2.24) is 9.97 Å². The van der Waals surface area contributed by atoms with Crippen LogP contribution in [0.5, 0.6) is 0 Å². The van der Waals surface area contributed by atoms with Gasteiger partial charge in [0.2, 0.25) is 0 Å². The minimum Gasteiger partial charge on any atom is -0.294 e. The van der Waals surface area contributed by atoms with E-state index in [-0.39, 0.29) is 5.78 Å². The van der Waals surface area contributed by atoms with Crippen molar-refractivity contribution in [2.24, 2.45) is 0 Å². The van der Waals surface area contributed by atoms with Gasteiger partial charge in [0.05, 0.1) is 5.69 Å². The Morgan fingerprint density at radius 1 is 1.00 bits per heavy atom. The largest absolute Gasteiger partial charge is 0.294 e. The lowest BCUT2D eigenvalue weighted by Crippen LogP contribution is -1.99. The maximum absolute atomic E-state index is 12.0. The van der Waals surface area contributed by atoms with Crippen molar-refractivity contribution < 1.29 is 4.79 Å². The number of rotatable bonds is 3. The Balaban J connectivity index is 2.11. The molecule has 1 aromatic carbocycles. The highest BCUT2D eigenvalue weighted by Gasteiger charge is 2.10. The first-order valence-electron chi connectivity index (χ1n) is 6.74. The van der Waals surface area contributed by atoms with Gasteiger partial charge >= 0.3 is 0 Å². The molecule has 102 valence electrons. The van der Waals surface area contributed by atoms with E-state index >= 15 is 0 Å². The van der Waals surface area contributed by atoms with Crippen LogP contribution in [0.15, 0.2) is 60.8 Å². The van der Waals surface area contributed by atoms with E-state index in [1.54, 1.807) is 13.1 Å². The van der Waals surface area contributed by atoms with E-state index in [0.29, 0.717) is 16.9 Å². The van der Waals surface area contributed by atoms with Crippen LogP contribution in [0.3, 0.4) is 0 Å². The fourth-order valence-electron chi connectivity index (χ4n) is 2.17. The fraction of sp³-hybridized carbons (Fsp3) is 0.0556. The van der Waals surface area contributed by atoms with E-state index < -0.39 is 0 Å². The highest BCUT2D eigenvalue weighted by Crippen LogP contribution is 2.20. The zero-order valence-electron chi connectivity index (χ0n) is 11.7. The van der Waals surface area contributed by atoms with Crippen molar-refractivity contribution in [3.63, 3.8) is 0 Å². The number of pyridine rings is 2. The quantitative estimate of drug-likeness (QED) is 0.683. The molecule has 0 spiro atoms. The van der Waals surface area contributed by atoms with Crippen molar-refractivity contribution in [1.29, 1.82) is 0 Å². The van der Waals surface area contributed by atoms with Crippen LogP contribution < -0.4 is 0 Å². The monoisotopic (exact) mass is 274 g/mol. The standard InChI is InChI=1S/C18H14N2O/c1-13(21)16(12-14-6-3-2-4-7-14)17-10-9-15-8-5-11-19-18(15)20-17/h2-12H,1H3. The SMILES string of the molecule is CC(=O)C(=Cc1ccccc1)c1ccc2cccnc2n1. The Morgan fingerprint density at radius 3 is 2.57 bits per heavy atom. The molecule has 0 N–H and O–H groups in total. The van der Waals surface area contributed by atoms with Crippen LogP contribution in [0.25, 0.3) is 22.7 Å². The predicted molar refractivity (Wildman–Crippen MR) is 84.5 cm³/mol. The minimum absolute atomic E-state index is 0.0124. The normalized spacial score (nSPS) is 11.6. The second-order valence-corrected chi connectivity index (χ2v) is 4.77. The molecule has 0 unspecified atom stereocenters. The summed E-state index contributed by atoms with van der Waals surface area (Å²) in [5.74, 6) is -0.0124. The Labute approximate surface area is 123 Å². The first kappa shape index (κ1) is 13.2. The van der Waals surface area contributed by atoms with Crippen molar-refractivity contribution >= 4 is 28.5 Å². The van der Waals surface area contributed by atoms with Gasteiger partial charge in [-0.2, -0.15) is 0 Å². The lowest BCUT2D eigenvalue weighted by atomic mass is 10.0. The average molecular weight is 274 g/mol. The van der Waals surface area contributed by atoms with Crippen molar-refractivity contribution in [3.05, 3.63) is 72.1 Å². The van der Waals surface area contributed by atoms with Crippen LogP contribution in [0, 0.1) is 0 Å². The molecule has 0 aliphatic heterocycles. The van der Waals surface area contributed by atoms with E-state index in [0.717, 1.165) is 10.9 Å². The van der Waals surface area contributed by atoms with Crippen molar-refractivity contribution in [2.45, 2.75) is 6.92 Å². The van der Waals surface area contributed by atoms with E-state index in [1.807, 2.05) is 60.7 Å². The second kappa shape index (κ2) is 5.67. The molecule has 0 saturated heterocycles. The third kappa shape index (κ3) is 2.87. The van der Waals surface area contributed by atoms with Gasteiger partial charge in [-0.3, -0.25) is 4.79 Å². The molecule has 3 aromatic rings. The number of carbonyl (C=O) groups is 1. The van der Waals surface area contributed by atoms with Crippen LogP contribution in [-0.4, -0.2) is 15.8 Å². The smallest absolute Gasteiger partial charge is 0.161 e. The molecule has 0 radical (unpaired) electrons. The van der Waals surface area contributed by atoms with Gasteiger partial charge in [-0.05, 0) is 42.8 Å². The molecule has 3 heteroatoms. The summed E-state index contributed by atoms with van der Waals surface area (Å²) in [4.78, 5) is 20.7. The number of benzene rings is 1. The summed E-state index contributed by atoms with van der Waals surface area (Å²) in [6.07, 6.45) is 3.56. The molecule has 0 saturated carbocycles. The molecular formula is C18H14N2O. The molecule has 0 aliphatic carbocycles. The summed E-state index contributed by atoms with van der Waals surface area (Å²) in [6.45, 7) is 1.55. The first-order chi connectivity index (χ1) is 10.2. The van der Waals surface area contributed by atoms with E-state index in [1.165, 1.54) is 0 Å². The molecular weight excluding hydrogens is 260 g/mol. The van der Waals surface area contributed by atoms with Gasteiger partial charge in [0.25, 0.3) is 0 Å². The minimum atomic E-state index is -0.0124. The molecule has 0 amide bonds. The predicted octanol–water partition coefficient (Wildman–Crippen LogP) is 3.76. The summed E-state index contributed by atoms with van der Waals surface area (Å²) < 4.78 is 0. The topological polar surface area (TPSA) is 42.9 Å². The molecule has 2 heterocycles. The van der Waals surface area contributed by atoms with Gasteiger partial charge in [-0.15, -0.1) is 0 Å². The van der Waals surface area contributed by atoms with Crippen LogP contribution in [0.4, 0.5) is 0 Å². The third-order valence-electron chi connectivity index (χ3n) is 3.23. The van der Waals surface area contributed by atoms with Gasteiger partial charge in [0.15, 0.2) is 11.4 Å². The van der Waals surface area contributed by atoms with E-state index in [4.69, 9.17) is 0 Å². The van der Waals surface area contributed by atoms with E-state index in [9.17, 15) is 4.79 Å². The van der Waals surface area contributed by atoms with Crippen LogP contribution in [0.2, 0.25) is 0 Å². The fourth-order valence-corrected chi connectivity index (χ4v) is 2.17. The van der Waals surface area contributed by atoms with Crippen molar-refractivity contribution in [3.8, 4) is 0 Å². The van der Waals surface area contributed by atoms with Gasteiger partial charge in [-0.1, -0.05) is 30.3 Å². The van der Waals surface area contributed by atoms with Gasteiger partial charge < -0.3 is 0 Å². The Hall–Kier alpha value is -2.81. The second-order valence-electron chi connectivity index (χ2n) is 4.77. The Kier molecular flexibility index (Phi) is 3.56. The highest BCUT2D eigenvalue weighted by atomic mass is 16.1. The summed E-state index contributed by atoms with van der Waals surface area (Å²) in [5, 5.41) is 0.962. The maximum atomic E-state index is 12.0. The molecule has 21 heavy (non-hydrogen) atoms. The zero-order chi connectivity index (χ0) is 14.7. The number of Topliss-reactive ketones (excluding diaryl/α,β-unsaturated/α-hetero) is 1. The lowest BCUT2D eigenvalue weighted by Gasteiger charge is -2.05. The van der Waals surface area contributed by atoms with Gasteiger partial charge in [0, 0.05) is 17.2 Å². The molecule has 3 nitrogen and oxygen atoms in total. The van der Waals surface area contributed by atoms with Crippen LogP contribution in [-0.2, 0) is 4.79 Å². The number of fused-ring (bicyclic) bond motifs is 1. The number of ketones is 1. The van der Waals surface area contributed by atoms with Gasteiger partial charge in [-0.25, -0.2) is 9.97 Å². The average Bonchev–Trinajstić information content (AvgIpc) is 2.53. The number of allylic oxidation sites excluding steroid dienone is 1. The summed E-state index contributed by atoms with van der Waals surface area (Å²) in [7, 11) is 0. The molecule has 3 rings (SSSR count). The lowest BCUT2D eigenvalue weighted by molar-refractivity contribution is -0.111. The molecule has 0 aliphatic rings. The molecule has 0 bridgehead atoms. The Bertz CT molecular complexity index is 823. The third-order valence-corrected chi connectivity index (χ3v) is 3.23. The summed E-state index contributed by atoms with van der Waals surface area (Å²) >= 11 is 0. The van der Waals surface area contributed by atoms with Crippen molar-refractivity contribution in [2.75, 3.05) is 0 Å². The zero-order valence-corrected chi connectivity index (χ0v) is 11.7. The van der Waals surface area contributed by atoms with Crippen LogP contribution >= 0.6 is 0 Å². The number of carbonyl (C=O) groups excluding carboxylic acids is 1. The number of nitrogens with zero attached hydrogens (tertiary/aromatic N) is 2. The Morgan fingerprint density at radius 2 is 1.81 bits per heavy atom. The summed E-state index contributed by atoms with van der Waals surface area (Å²) in [6, 6.07) is 17.4. The van der Waals surface area contributed by atoms with Crippen LogP contribution in [0.1, 0.15) is 18.2 Å². The van der Waals surface area contributed by atoms with E-state index in [2.05, 4.69) is 9.97 Å². The number of aromatic nitrogens is 2. The molecule has 2 aromatic heterocycles. The number of hydrogen-bond acceptors (Lipinski definition) is 3. The highest BCUT2D eigenvalue weighted by molar-refractivity contribution is 6.23. The maximum Gasteiger partial charge on any atom is 0.161 e. The summed E-state index contributed by atoms with van der Waals surface area (Å²) in [5.41, 5.74) is 2.87.